The first-order valence-corrected chi connectivity index (χ1v) is 9.61. The molecule has 27 heavy (non-hydrogen) atoms. The monoisotopic (exact) mass is 411 g/mol. The number of carbonyl (C=O) groups excluding carboxylic acids is 2. The summed E-state index contributed by atoms with van der Waals surface area (Å²) in [5, 5.41) is 9.91. The van der Waals surface area contributed by atoms with Gasteiger partial charge in [0.1, 0.15) is 18.7 Å². The molecule has 3 N–H and O–H groups in total. The van der Waals surface area contributed by atoms with Crippen LogP contribution in [0, 0.1) is 0 Å². The van der Waals surface area contributed by atoms with Crippen molar-refractivity contribution in [1.29, 1.82) is 0 Å². The van der Waals surface area contributed by atoms with E-state index >= 15 is 0 Å². The molecule has 1 aliphatic heterocycles. The van der Waals surface area contributed by atoms with Gasteiger partial charge in [-0.05, 0) is 13.8 Å². The van der Waals surface area contributed by atoms with E-state index in [1.165, 1.54) is 13.8 Å². The van der Waals surface area contributed by atoms with Gasteiger partial charge in [-0.1, -0.05) is 0 Å². The van der Waals surface area contributed by atoms with E-state index in [-0.39, 0.29) is 19.6 Å². The summed E-state index contributed by atoms with van der Waals surface area (Å²) in [5.41, 5.74) is 0.613. The first kappa shape index (κ1) is 21.4. The number of nitrogens with two attached hydrogens (primary N) is 1. The molecular formula is C14H20F2N3O7P. The van der Waals surface area contributed by atoms with Gasteiger partial charge in [0.25, 0.3) is 5.91 Å². The minimum atomic E-state index is -4.81. The third-order valence-corrected chi connectivity index (χ3v) is 5.98. The Kier molecular flexibility index (Phi) is 6.35. The molecule has 0 unspecified atom stereocenters. The predicted octanol–water partition coefficient (Wildman–Crippen LogP) is 1.79. The van der Waals surface area contributed by atoms with Gasteiger partial charge in [0.15, 0.2) is 11.5 Å². The number of amides is 1. The third-order valence-electron chi connectivity index (χ3n) is 3.80. The summed E-state index contributed by atoms with van der Waals surface area (Å²) in [7, 11) is -4.81. The smallest absolute Gasteiger partial charge is 0.399 e. The van der Waals surface area contributed by atoms with Crippen LogP contribution in [0.15, 0.2) is 6.33 Å². The van der Waals surface area contributed by atoms with E-state index in [4.69, 9.17) is 10.5 Å². The Morgan fingerprint density at radius 2 is 2.07 bits per heavy atom. The SMILES string of the molecule is CCOP(=O)(OCC)C(F)(F)C[C@H]1O[C@@H](n2cnc(C(N)=O)c2O)CC1=O. The molecule has 152 valence electrons. The minimum Gasteiger partial charge on any atom is -0.493 e. The van der Waals surface area contributed by atoms with Gasteiger partial charge in [-0.15, -0.1) is 0 Å². The van der Waals surface area contributed by atoms with E-state index in [1.54, 1.807) is 0 Å². The second kappa shape index (κ2) is 8.01. The molecule has 0 aliphatic carbocycles. The standard InChI is InChI=1S/C14H20F2N3O7P/c1-3-24-27(23,25-4-2)14(15,16)6-9-8(20)5-10(26-9)19-7-18-11(12(17)21)13(19)22/h7,9-10,22H,3-6H2,1-2H3,(H2,17,21)/t9-,10-/m1/s1. The number of hydrogen-bond donors (Lipinski definition) is 2. The lowest BCUT2D eigenvalue weighted by molar-refractivity contribution is -0.126. The van der Waals surface area contributed by atoms with Crippen molar-refractivity contribution in [1.82, 2.24) is 9.55 Å². The van der Waals surface area contributed by atoms with Crippen molar-refractivity contribution >= 4 is 19.3 Å². The van der Waals surface area contributed by atoms with Crippen LogP contribution in [0.5, 0.6) is 5.88 Å². The summed E-state index contributed by atoms with van der Waals surface area (Å²) >= 11 is 0. The summed E-state index contributed by atoms with van der Waals surface area (Å²) < 4.78 is 56.9. The fraction of sp³-hybridized carbons (Fsp3) is 0.643. The molecular weight excluding hydrogens is 391 g/mol. The Hall–Kier alpha value is -1.88. The van der Waals surface area contributed by atoms with Gasteiger partial charge in [0.05, 0.1) is 26.1 Å². The highest BCUT2D eigenvalue weighted by Crippen LogP contribution is 2.64. The summed E-state index contributed by atoms with van der Waals surface area (Å²) in [6, 6.07) is 0. The molecule has 0 bridgehead atoms. The van der Waals surface area contributed by atoms with Crippen molar-refractivity contribution in [3.8, 4) is 5.88 Å². The number of ketones is 1. The number of alkyl halides is 2. The molecule has 1 saturated heterocycles. The largest absolute Gasteiger partial charge is 0.493 e. The van der Waals surface area contributed by atoms with Gasteiger partial charge < -0.3 is 24.6 Å². The molecule has 0 spiro atoms. The first-order chi connectivity index (χ1) is 12.6. The summed E-state index contributed by atoms with van der Waals surface area (Å²) in [6.45, 7) is 2.22. The lowest BCUT2D eigenvalue weighted by atomic mass is 10.1. The van der Waals surface area contributed by atoms with Crippen molar-refractivity contribution in [3.05, 3.63) is 12.0 Å². The Balaban J connectivity index is 2.18. The number of aromatic hydroxyl groups is 1. The summed E-state index contributed by atoms with van der Waals surface area (Å²) in [5.74, 6) is -2.36. The van der Waals surface area contributed by atoms with Gasteiger partial charge in [-0.25, -0.2) is 4.98 Å². The van der Waals surface area contributed by atoms with E-state index in [0.29, 0.717) is 0 Å². The molecule has 2 rings (SSSR count). The number of hydrogen-bond acceptors (Lipinski definition) is 8. The van der Waals surface area contributed by atoms with Crippen LogP contribution in [0.3, 0.4) is 0 Å². The highest BCUT2D eigenvalue weighted by molar-refractivity contribution is 7.55. The topological polar surface area (TPSA) is 143 Å². The van der Waals surface area contributed by atoms with E-state index in [9.17, 15) is 28.0 Å². The number of aromatic nitrogens is 2. The van der Waals surface area contributed by atoms with Crippen LogP contribution in [-0.2, 0) is 23.1 Å². The fourth-order valence-corrected chi connectivity index (χ4v) is 4.10. The third kappa shape index (κ3) is 4.18. The number of primary amides is 1. The number of halogens is 2. The van der Waals surface area contributed by atoms with Gasteiger partial charge in [-0.2, -0.15) is 8.78 Å². The first-order valence-electron chi connectivity index (χ1n) is 8.07. The average Bonchev–Trinajstić information content (AvgIpc) is 3.10. The number of ether oxygens (including phenoxy) is 1. The van der Waals surface area contributed by atoms with Crippen molar-refractivity contribution in [2.75, 3.05) is 13.2 Å². The van der Waals surface area contributed by atoms with Crippen LogP contribution in [0.2, 0.25) is 0 Å². The highest BCUT2D eigenvalue weighted by atomic mass is 31.2. The lowest BCUT2D eigenvalue weighted by Crippen LogP contribution is -2.29. The summed E-state index contributed by atoms with van der Waals surface area (Å²) in [6.07, 6.45) is -3.37. The zero-order valence-electron chi connectivity index (χ0n) is 14.6. The zero-order valence-corrected chi connectivity index (χ0v) is 15.5. The Bertz CT molecular complexity index is 760. The van der Waals surface area contributed by atoms with Crippen LogP contribution in [0.1, 0.15) is 43.4 Å². The molecule has 1 aromatic rings. The van der Waals surface area contributed by atoms with Crippen molar-refractivity contribution < 1.29 is 41.8 Å². The maximum Gasteiger partial charge on any atom is 0.399 e. The molecule has 2 heterocycles. The van der Waals surface area contributed by atoms with Crippen molar-refractivity contribution in [3.63, 3.8) is 0 Å². The van der Waals surface area contributed by atoms with Crippen LogP contribution in [0.4, 0.5) is 8.78 Å². The Morgan fingerprint density at radius 3 is 2.56 bits per heavy atom. The molecule has 13 heteroatoms. The van der Waals surface area contributed by atoms with E-state index in [1.807, 2.05) is 0 Å². The minimum absolute atomic E-state index is 0.270. The van der Waals surface area contributed by atoms with Crippen molar-refractivity contribution in [2.24, 2.45) is 5.73 Å². The Morgan fingerprint density at radius 1 is 1.48 bits per heavy atom. The summed E-state index contributed by atoms with van der Waals surface area (Å²) in [4.78, 5) is 26.8. The maximum atomic E-state index is 14.5. The van der Waals surface area contributed by atoms with Gasteiger partial charge >= 0.3 is 13.3 Å². The zero-order chi connectivity index (χ0) is 20.4. The van der Waals surface area contributed by atoms with Gasteiger partial charge in [-0.3, -0.25) is 18.7 Å². The predicted molar refractivity (Wildman–Crippen MR) is 86.4 cm³/mol. The van der Waals surface area contributed by atoms with Crippen LogP contribution >= 0.6 is 7.60 Å². The van der Waals surface area contributed by atoms with Crippen LogP contribution in [0.25, 0.3) is 0 Å². The molecule has 1 fully saturated rings. The molecule has 10 nitrogen and oxygen atoms in total. The van der Waals surface area contributed by atoms with E-state index in [0.717, 1.165) is 10.9 Å². The fourth-order valence-electron chi connectivity index (χ4n) is 2.58. The second-order valence-corrected chi connectivity index (χ2v) is 7.81. The average molecular weight is 411 g/mol. The molecule has 1 aliphatic rings. The van der Waals surface area contributed by atoms with Crippen LogP contribution in [-0.4, -0.2) is 51.3 Å². The van der Waals surface area contributed by atoms with Crippen molar-refractivity contribution in [2.45, 2.75) is 44.7 Å². The molecule has 1 aromatic heterocycles. The second-order valence-electron chi connectivity index (χ2n) is 5.64. The molecule has 0 aromatic carbocycles. The number of rotatable bonds is 9. The van der Waals surface area contributed by atoms with Gasteiger partial charge in [0, 0.05) is 0 Å². The number of imidazole rings is 1. The lowest BCUT2D eigenvalue weighted by Gasteiger charge is -2.27. The maximum absolute atomic E-state index is 14.5. The van der Waals surface area contributed by atoms with Crippen LogP contribution < -0.4 is 5.73 Å². The molecule has 0 radical (unpaired) electrons. The Labute approximate surface area is 153 Å². The molecule has 0 saturated carbocycles. The quantitative estimate of drug-likeness (QED) is 0.586. The molecule has 1 amide bonds. The van der Waals surface area contributed by atoms with E-state index in [2.05, 4.69) is 14.0 Å². The molecule has 2 atom stereocenters. The number of Topliss-reactive ketones (excluding diaryl/α,β-unsaturated/α-hetero) is 1. The normalized spacial score (nSPS) is 21.0. The highest BCUT2D eigenvalue weighted by Gasteiger charge is 2.56. The number of carbonyl (C=O) groups is 2. The van der Waals surface area contributed by atoms with E-state index < -0.39 is 55.3 Å². The number of nitrogens with zero attached hydrogens (tertiary/aromatic N) is 2. The van der Waals surface area contributed by atoms with Gasteiger partial charge in [0.2, 0.25) is 5.88 Å².